The maximum atomic E-state index is 13.5. The van der Waals surface area contributed by atoms with Crippen LogP contribution in [0.4, 0.5) is 10.2 Å². The van der Waals surface area contributed by atoms with E-state index in [1.165, 1.54) is 38.2 Å². The Balaban J connectivity index is 0.000000604. The van der Waals surface area contributed by atoms with Gasteiger partial charge in [0.1, 0.15) is 17.3 Å². The van der Waals surface area contributed by atoms with Gasteiger partial charge in [-0.05, 0) is 43.2 Å². The minimum Gasteiger partial charge on any atom is -0.483 e. The molecule has 1 atom stereocenters. The van der Waals surface area contributed by atoms with E-state index < -0.39 is 5.82 Å². The van der Waals surface area contributed by atoms with E-state index in [-0.39, 0.29) is 6.47 Å². The maximum Gasteiger partial charge on any atom is 0.290 e. The molecule has 6 rings (SSSR count). The van der Waals surface area contributed by atoms with Gasteiger partial charge in [0.25, 0.3) is 6.47 Å². The summed E-state index contributed by atoms with van der Waals surface area (Å²) in [4.78, 5) is 21.3. The van der Waals surface area contributed by atoms with Gasteiger partial charge in [0.05, 0.1) is 11.6 Å². The molecule has 9 heteroatoms. The number of halogens is 1. The number of fused-ring (bicyclic) bond motifs is 4. The lowest BCUT2D eigenvalue weighted by atomic mass is 9.68. The predicted octanol–water partition coefficient (Wildman–Crippen LogP) is 3.25. The monoisotopic (exact) mass is 384 g/mol. The Kier molecular flexibility index (Phi) is 5.14. The van der Waals surface area contributed by atoms with E-state index in [0.29, 0.717) is 28.6 Å². The molecule has 3 heterocycles. The largest absolute Gasteiger partial charge is 0.483 e. The van der Waals surface area contributed by atoms with Crippen LogP contribution in [0.3, 0.4) is 0 Å². The fraction of sp³-hybridized carbons (Fsp3) is 0.421. The highest BCUT2D eigenvalue weighted by Gasteiger charge is 2.35. The number of carbonyl (C=O) groups is 1. The van der Waals surface area contributed by atoms with E-state index in [1.807, 2.05) is 6.07 Å². The third-order valence-corrected chi connectivity index (χ3v) is 5.64. The smallest absolute Gasteiger partial charge is 0.290 e. The molecule has 0 saturated heterocycles. The molecule has 3 fully saturated rings. The molecule has 0 aromatic carbocycles. The lowest BCUT2D eigenvalue weighted by Crippen LogP contribution is -2.40. The minimum atomic E-state index is -0.400. The van der Waals surface area contributed by atoms with Gasteiger partial charge in [0.15, 0.2) is 11.5 Å². The Morgan fingerprint density at radius 3 is 2.75 bits per heavy atom. The molecule has 3 aromatic heterocycles. The molecule has 3 N–H and O–H groups in total. The fourth-order valence-corrected chi connectivity index (χ4v) is 4.35. The molecule has 3 aromatic rings. The van der Waals surface area contributed by atoms with Crippen molar-refractivity contribution in [3.05, 3.63) is 30.3 Å². The second-order valence-corrected chi connectivity index (χ2v) is 7.26. The first-order chi connectivity index (χ1) is 13.7. The number of hydrogen-bond acceptors (Lipinski definition) is 6. The van der Waals surface area contributed by atoms with Crippen molar-refractivity contribution in [3.63, 3.8) is 0 Å². The molecular formula is C19H21FN6O2. The second kappa shape index (κ2) is 7.87. The van der Waals surface area contributed by atoms with Crippen molar-refractivity contribution >= 4 is 23.3 Å². The summed E-state index contributed by atoms with van der Waals surface area (Å²) < 4.78 is 13.5. The van der Waals surface area contributed by atoms with Crippen LogP contribution in [0.1, 0.15) is 32.1 Å². The highest BCUT2D eigenvalue weighted by Crippen LogP contribution is 2.42. The molecule has 0 aliphatic heterocycles. The normalized spacial score (nSPS) is 23.1. The molecule has 28 heavy (non-hydrogen) atoms. The molecule has 0 spiro atoms. The Labute approximate surface area is 160 Å². The van der Waals surface area contributed by atoms with Crippen molar-refractivity contribution in [2.75, 3.05) is 5.32 Å². The lowest BCUT2D eigenvalue weighted by molar-refractivity contribution is -0.122. The van der Waals surface area contributed by atoms with E-state index in [0.717, 1.165) is 23.9 Å². The van der Waals surface area contributed by atoms with Gasteiger partial charge in [-0.2, -0.15) is 5.10 Å². The van der Waals surface area contributed by atoms with Crippen molar-refractivity contribution in [1.29, 1.82) is 0 Å². The summed E-state index contributed by atoms with van der Waals surface area (Å²) in [5.41, 5.74) is 1.05. The van der Waals surface area contributed by atoms with Crippen molar-refractivity contribution in [2.24, 2.45) is 11.8 Å². The number of anilines is 1. The molecule has 0 amide bonds. The van der Waals surface area contributed by atoms with Crippen molar-refractivity contribution in [1.82, 2.24) is 25.1 Å². The van der Waals surface area contributed by atoms with Gasteiger partial charge in [0, 0.05) is 12.2 Å². The zero-order valence-electron chi connectivity index (χ0n) is 15.2. The van der Waals surface area contributed by atoms with E-state index in [4.69, 9.17) is 9.90 Å². The summed E-state index contributed by atoms with van der Waals surface area (Å²) in [5.74, 6) is 2.52. The van der Waals surface area contributed by atoms with Crippen molar-refractivity contribution in [2.45, 2.75) is 38.1 Å². The fourth-order valence-electron chi connectivity index (χ4n) is 4.35. The number of H-pyrrole nitrogens is 1. The lowest BCUT2D eigenvalue weighted by Gasteiger charge is -2.42. The number of hydrogen-bond donors (Lipinski definition) is 3. The molecule has 3 aliphatic carbocycles. The molecule has 3 aliphatic rings. The average molecular weight is 384 g/mol. The zero-order chi connectivity index (χ0) is 19.5. The van der Waals surface area contributed by atoms with Crippen LogP contribution in [-0.4, -0.2) is 42.8 Å². The first kappa shape index (κ1) is 18.3. The van der Waals surface area contributed by atoms with E-state index in [2.05, 4.69) is 30.5 Å². The Bertz CT molecular complexity index is 970. The Hall–Kier alpha value is -3.10. The maximum absolute atomic E-state index is 13.5. The third-order valence-electron chi connectivity index (χ3n) is 5.64. The number of nitrogens with zero attached hydrogens (tertiary/aromatic N) is 4. The van der Waals surface area contributed by atoms with Crippen LogP contribution in [0.25, 0.3) is 22.6 Å². The predicted molar refractivity (Wildman–Crippen MR) is 101 cm³/mol. The quantitative estimate of drug-likeness (QED) is 0.594. The summed E-state index contributed by atoms with van der Waals surface area (Å²) in [6, 6.07) is 3.79. The molecule has 146 valence electrons. The topological polar surface area (TPSA) is 117 Å². The summed E-state index contributed by atoms with van der Waals surface area (Å²) in [5, 5.41) is 18.1. The summed E-state index contributed by atoms with van der Waals surface area (Å²) >= 11 is 0. The summed E-state index contributed by atoms with van der Waals surface area (Å²) in [6.07, 6.45) is 9.49. The van der Waals surface area contributed by atoms with E-state index >= 15 is 0 Å². The standard InChI is InChI=1S/C18H19FN6.CH2O2/c19-12-8-13-16(24-25-17(13)21-9-12)18-20-6-5-15(23-18)22-14-7-10-1-3-11(14)4-2-10;2-1-3/h5-6,8-11,14H,1-4,7H2,(H,20,22,23)(H,21,24,25);1H,(H,2,3). The zero-order valence-corrected chi connectivity index (χ0v) is 15.2. The number of carboxylic acid groups (broad SMARTS) is 1. The highest BCUT2D eigenvalue weighted by atomic mass is 19.1. The van der Waals surface area contributed by atoms with Gasteiger partial charge >= 0.3 is 0 Å². The average Bonchev–Trinajstić information content (AvgIpc) is 3.13. The molecular weight excluding hydrogens is 363 g/mol. The van der Waals surface area contributed by atoms with Crippen molar-refractivity contribution in [3.8, 4) is 11.5 Å². The van der Waals surface area contributed by atoms with Gasteiger partial charge in [-0.1, -0.05) is 12.8 Å². The van der Waals surface area contributed by atoms with Crippen LogP contribution >= 0.6 is 0 Å². The SMILES string of the molecule is Fc1cnc2n[nH]c(-c3nccc(NC4CC5CCC4CC5)n3)c2c1.O=CO. The molecule has 0 radical (unpaired) electrons. The number of nitrogens with one attached hydrogen (secondary N) is 2. The highest BCUT2D eigenvalue weighted by molar-refractivity contribution is 5.88. The molecule has 2 bridgehead atoms. The van der Waals surface area contributed by atoms with Gasteiger partial charge < -0.3 is 10.4 Å². The Morgan fingerprint density at radius 1 is 1.25 bits per heavy atom. The van der Waals surface area contributed by atoms with Gasteiger partial charge in [-0.3, -0.25) is 9.89 Å². The first-order valence-electron chi connectivity index (χ1n) is 9.35. The third kappa shape index (κ3) is 3.64. The second-order valence-electron chi connectivity index (χ2n) is 7.26. The van der Waals surface area contributed by atoms with Crippen LogP contribution in [-0.2, 0) is 4.79 Å². The van der Waals surface area contributed by atoms with Gasteiger partial charge in [0.2, 0.25) is 0 Å². The molecule has 8 nitrogen and oxygen atoms in total. The van der Waals surface area contributed by atoms with Crippen LogP contribution < -0.4 is 5.32 Å². The number of rotatable bonds is 3. The van der Waals surface area contributed by atoms with Gasteiger partial charge in [-0.15, -0.1) is 0 Å². The Morgan fingerprint density at radius 2 is 2.04 bits per heavy atom. The van der Waals surface area contributed by atoms with Crippen LogP contribution in [0, 0.1) is 17.7 Å². The molecule has 3 saturated carbocycles. The van der Waals surface area contributed by atoms with Crippen molar-refractivity contribution < 1.29 is 14.3 Å². The molecule has 1 unspecified atom stereocenters. The summed E-state index contributed by atoms with van der Waals surface area (Å²) in [7, 11) is 0. The van der Waals surface area contributed by atoms with Crippen LogP contribution in [0.5, 0.6) is 0 Å². The van der Waals surface area contributed by atoms with Gasteiger partial charge in [-0.25, -0.2) is 19.3 Å². The first-order valence-corrected chi connectivity index (χ1v) is 9.35. The minimum absolute atomic E-state index is 0.250. The van der Waals surface area contributed by atoms with E-state index in [1.54, 1.807) is 6.20 Å². The summed E-state index contributed by atoms with van der Waals surface area (Å²) in [6.45, 7) is -0.250. The van der Waals surface area contributed by atoms with Crippen LogP contribution in [0.2, 0.25) is 0 Å². The number of aromatic amines is 1. The van der Waals surface area contributed by atoms with E-state index in [9.17, 15) is 4.39 Å². The number of pyridine rings is 1. The number of aromatic nitrogens is 5. The van der Waals surface area contributed by atoms with Crippen LogP contribution in [0.15, 0.2) is 24.5 Å².